The van der Waals surface area contributed by atoms with E-state index in [0.29, 0.717) is 5.69 Å². The molecule has 0 aromatic heterocycles. The monoisotopic (exact) mass is 267 g/mol. The number of urea groups is 1. The van der Waals surface area contributed by atoms with Crippen LogP contribution in [0, 0.1) is 10.1 Å². The first-order valence-corrected chi connectivity index (χ1v) is 5.64. The van der Waals surface area contributed by atoms with Crippen LogP contribution in [0.3, 0.4) is 0 Å². The zero-order chi connectivity index (χ0) is 14.6. The molecule has 1 aromatic carbocycles. The summed E-state index contributed by atoms with van der Waals surface area (Å²) in [5.41, 5.74) is -0.105. The van der Waals surface area contributed by atoms with E-state index in [0.717, 1.165) is 0 Å². The van der Waals surface area contributed by atoms with Gasteiger partial charge in [0.2, 0.25) is 0 Å². The smallest absolute Gasteiger partial charge is 0.319 e. The first kappa shape index (κ1) is 14.7. The molecule has 0 radical (unpaired) electrons. The standard InChI is InChI=1S/C12H17N3O4/c1-12(2,3)14-11(16)13-9-6-5-8(15(17)18)7-10(9)19-4/h5-7H,1-4H3,(H2,13,14,16). The Labute approximate surface area is 111 Å². The molecule has 0 heterocycles. The number of carbonyl (C=O) groups excluding carboxylic acids is 1. The summed E-state index contributed by atoms with van der Waals surface area (Å²) in [6, 6.07) is 3.58. The number of rotatable bonds is 3. The number of amides is 2. The second-order valence-corrected chi connectivity index (χ2v) is 4.97. The highest BCUT2D eigenvalue weighted by Gasteiger charge is 2.16. The van der Waals surface area contributed by atoms with Crippen LogP contribution in [0.2, 0.25) is 0 Å². The number of ether oxygens (including phenoxy) is 1. The summed E-state index contributed by atoms with van der Waals surface area (Å²) in [5, 5.41) is 15.9. The molecule has 0 spiro atoms. The highest BCUT2D eigenvalue weighted by Crippen LogP contribution is 2.28. The van der Waals surface area contributed by atoms with Gasteiger partial charge in [-0.3, -0.25) is 10.1 Å². The molecular formula is C12H17N3O4. The Bertz CT molecular complexity index is 494. The molecule has 0 fully saturated rings. The van der Waals surface area contributed by atoms with Gasteiger partial charge in [0.15, 0.2) is 0 Å². The van der Waals surface area contributed by atoms with Gasteiger partial charge >= 0.3 is 6.03 Å². The highest BCUT2D eigenvalue weighted by atomic mass is 16.6. The molecule has 7 nitrogen and oxygen atoms in total. The predicted molar refractivity (Wildman–Crippen MR) is 71.6 cm³/mol. The number of non-ortho nitro benzene ring substituents is 1. The van der Waals surface area contributed by atoms with Crippen molar-refractivity contribution in [2.75, 3.05) is 12.4 Å². The minimum atomic E-state index is -0.526. The molecule has 1 aromatic rings. The number of hydrogen-bond donors (Lipinski definition) is 2. The van der Waals surface area contributed by atoms with Gasteiger partial charge < -0.3 is 15.4 Å². The SMILES string of the molecule is COc1cc([N+](=O)[O-])ccc1NC(=O)NC(C)(C)C. The Morgan fingerprint density at radius 2 is 2.00 bits per heavy atom. The minimum absolute atomic E-state index is 0.0985. The number of hydrogen-bond acceptors (Lipinski definition) is 4. The van der Waals surface area contributed by atoms with Crippen LogP contribution in [0.15, 0.2) is 18.2 Å². The molecule has 0 bridgehead atoms. The fourth-order valence-corrected chi connectivity index (χ4v) is 1.39. The van der Waals surface area contributed by atoms with Gasteiger partial charge in [-0.25, -0.2) is 4.79 Å². The Balaban J connectivity index is 2.89. The number of methoxy groups -OCH3 is 1. The first-order chi connectivity index (χ1) is 8.73. The minimum Gasteiger partial charge on any atom is -0.494 e. The van der Waals surface area contributed by atoms with Crippen molar-refractivity contribution in [1.29, 1.82) is 0 Å². The van der Waals surface area contributed by atoms with Crippen LogP contribution in [0.25, 0.3) is 0 Å². The fourth-order valence-electron chi connectivity index (χ4n) is 1.39. The number of nitrogens with zero attached hydrogens (tertiary/aromatic N) is 1. The van der Waals surface area contributed by atoms with E-state index in [2.05, 4.69) is 10.6 Å². The molecule has 104 valence electrons. The van der Waals surface area contributed by atoms with Crippen molar-refractivity contribution < 1.29 is 14.5 Å². The molecular weight excluding hydrogens is 250 g/mol. The molecule has 1 rings (SSSR count). The molecule has 7 heteroatoms. The molecule has 0 aliphatic heterocycles. The van der Waals surface area contributed by atoms with Gasteiger partial charge in [-0.1, -0.05) is 0 Å². The molecule has 0 unspecified atom stereocenters. The molecule has 19 heavy (non-hydrogen) atoms. The number of nitro groups is 1. The van der Waals surface area contributed by atoms with E-state index in [4.69, 9.17) is 4.74 Å². The van der Waals surface area contributed by atoms with Crippen LogP contribution in [0.5, 0.6) is 5.75 Å². The topological polar surface area (TPSA) is 93.5 Å². The molecule has 2 N–H and O–H groups in total. The van der Waals surface area contributed by atoms with Gasteiger partial charge in [0.05, 0.1) is 23.8 Å². The third kappa shape index (κ3) is 4.46. The Morgan fingerprint density at radius 1 is 1.37 bits per heavy atom. The van der Waals surface area contributed by atoms with E-state index in [1.165, 1.54) is 25.3 Å². The van der Waals surface area contributed by atoms with Crippen LogP contribution < -0.4 is 15.4 Å². The molecule has 0 aliphatic rings. The molecule has 0 saturated carbocycles. The average molecular weight is 267 g/mol. The van der Waals surface area contributed by atoms with Crippen molar-refractivity contribution in [3.63, 3.8) is 0 Å². The van der Waals surface area contributed by atoms with E-state index in [1.54, 1.807) is 0 Å². The van der Waals surface area contributed by atoms with Crippen molar-refractivity contribution in [2.24, 2.45) is 0 Å². The molecule has 0 aliphatic carbocycles. The van der Waals surface area contributed by atoms with E-state index < -0.39 is 11.0 Å². The Kier molecular flexibility index (Phi) is 4.31. The Hall–Kier alpha value is -2.31. The van der Waals surface area contributed by atoms with Crippen LogP contribution in [0.4, 0.5) is 16.2 Å². The second kappa shape index (κ2) is 5.55. The predicted octanol–water partition coefficient (Wildman–Crippen LogP) is 2.52. The molecule has 2 amide bonds. The summed E-state index contributed by atoms with van der Waals surface area (Å²) in [4.78, 5) is 21.8. The van der Waals surface area contributed by atoms with Crippen LogP contribution in [-0.2, 0) is 0 Å². The average Bonchev–Trinajstić information content (AvgIpc) is 2.26. The largest absolute Gasteiger partial charge is 0.494 e. The first-order valence-electron chi connectivity index (χ1n) is 5.64. The molecule has 0 saturated heterocycles. The van der Waals surface area contributed by atoms with Crippen LogP contribution >= 0.6 is 0 Å². The lowest BCUT2D eigenvalue weighted by Crippen LogP contribution is -2.43. The van der Waals surface area contributed by atoms with E-state index >= 15 is 0 Å². The van der Waals surface area contributed by atoms with Crippen LogP contribution in [0.1, 0.15) is 20.8 Å². The lowest BCUT2D eigenvalue weighted by molar-refractivity contribution is -0.384. The van der Waals surface area contributed by atoms with Crippen molar-refractivity contribution >= 4 is 17.4 Å². The van der Waals surface area contributed by atoms with Crippen molar-refractivity contribution in [3.05, 3.63) is 28.3 Å². The van der Waals surface area contributed by atoms with Gasteiger partial charge in [-0.05, 0) is 26.8 Å². The third-order valence-electron chi connectivity index (χ3n) is 2.13. The normalized spacial score (nSPS) is 10.7. The maximum absolute atomic E-state index is 11.7. The van der Waals surface area contributed by atoms with Crippen molar-refractivity contribution in [1.82, 2.24) is 5.32 Å². The number of anilines is 1. The fraction of sp³-hybridized carbons (Fsp3) is 0.417. The number of benzene rings is 1. The van der Waals surface area contributed by atoms with Crippen molar-refractivity contribution in [2.45, 2.75) is 26.3 Å². The maximum atomic E-state index is 11.7. The van der Waals surface area contributed by atoms with Gasteiger partial charge in [0.25, 0.3) is 5.69 Å². The Morgan fingerprint density at radius 3 is 2.47 bits per heavy atom. The van der Waals surface area contributed by atoms with E-state index in [1.807, 2.05) is 20.8 Å². The number of carbonyl (C=O) groups is 1. The summed E-state index contributed by atoms with van der Waals surface area (Å²) >= 11 is 0. The van der Waals surface area contributed by atoms with E-state index in [-0.39, 0.29) is 17.0 Å². The second-order valence-electron chi connectivity index (χ2n) is 4.97. The van der Waals surface area contributed by atoms with Gasteiger partial charge in [-0.2, -0.15) is 0 Å². The summed E-state index contributed by atoms with van der Waals surface area (Å²) in [6.07, 6.45) is 0. The van der Waals surface area contributed by atoms with Gasteiger partial charge in [0.1, 0.15) is 5.75 Å². The lowest BCUT2D eigenvalue weighted by Gasteiger charge is -2.21. The van der Waals surface area contributed by atoms with E-state index in [9.17, 15) is 14.9 Å². The van der Waals surface area contributed by atoms with Gasteiger partial charge in [-0.15, -0.1) is 0 Å². The zero-order valence-electron chi connectivity index (χ0n) is 11.3. The number of nitro benzene ring substituents is 1. The quantitative estimate of drug-likeness (QED) is 0.650. The summed E-state index contributed by atoms with van der Waals surface area (Å²) in [6.45, 7) is 5.54. The van der Waals surface area contributed by atoms with Gasteiger partial charge in [0, 0.05) is 11.6 Å². The third-order valence-corrected chi connectivity index (χ3v) is 2.13. The molecule has 0 atom stereocenters. The zero-order valence-corrected chi connectivity index (χ0v) is 11.3. The highest BCUT2D eigenvalue weighted by molar-refractivity contribution is 5.91. The maximum Gasteiger partial charge on any atom is 0.319 e. The summed E-state index contributed by atoms with van der Waals surface area (Å²) < 4.78 is 5.02. The summed E-state index contributed by atoms with van der Waals surface area (Å²) in [5.74, 6) is 0.234. The summed E-state index contributed by atoms with van der Waals surface area (Å²) in [7, 11) is 1.38. The van der Waals surface area contributed by atoms with Crippen molar-refractivity contribution in [3.8, 4) is 5.75 Å². The lowest BCUT2D eigenvalue weighted by atomic mass is 10.1. The number of nitrogens with one attached hydrogen (secondary N) is 2. The van der Waals surface area contributed by atoms with Crippen LogP contribution in [-0.4, -0.2) is 23.6 Å².